The number of carbonyl (C=O) groups excluding carboxylic acids is 1. The van der Waals surface area contributed by atoms with Gasteiger partial charge in [0.15, 0.2) is 0 Å². The standard InChI is InChI=1S/C14H18BrFN2O/c15-12-8-10(3-4-13(12)16)5-7-18-14(19)9-11-2-1-6-17-11/h3-4,8,11,17H,1-2,5-7,9H2,(H,18,19). The molecule has 1 aliphatic heterocycles. The summed E-state index contributed by atoms with van der Waals surface area (Å²) in [4.78, 5) is 11.7. The predicted molar refractivity (Wildman–Crippen MR) is 76.5 cm³/mol. The fourth-order valence-corrected chi connectivity index (χ4v) is 2.69. The molecule has 1 heterocycles. The Morgan fingerprint density at radius 3 is 3.05 bits per heavy atom. The van der Waals surface area contributed by atoms with Crippen LogP contribution in [0.15, 0.2) is 22.7 Å². The molecule has 0 aromatic heterocycles. The summed E-state index contributed by atoms with van der Waals surface area (Å²) in [5.74, 6) is -0.180. The van der Waals surface area contributed by atoms with Gasteiger partial charge in [0.1, 0.15) is 5.82 Å². The van der Waals surface area contributed by atoms with Gasteiger partial charge < -0.3 is 10.6 Å². The minimum atomic E-state index is -0.264. The third-order valence-corrected chi connectivity index (χ3v) is 3.92. The third kappa shape index (κ3) is 4.58. The van der Waals surface area contributed by atoms with Gasteiger partial charge in [-0.2, -0.15) is 0 Å². The van der Waals surface area contributed by atoms with E-state index in [9.17, 15) is 9.18 Å². The number of halogens is 2. The van der Waals surface area contributed by atoms with Gasteiger partial charge in [0.2, 0.25) is 5.91 Å². The van der Waals surface area contributed by atoms with Gasteiger partial charge in [0.25, 0.3) is 0 Å². The van der Waals surface area contributed by atoms with E-state index in [-0.39, 0.29) is 11.7 Å². The monoisotopic (exact) mass is 328 g/mol. The van der Waals surface area contributed by atoms with Crippen LogP contribution in [-0.4, -0.2) is 25.0 Å². The van der Waals surface area contributed by atoms with E-state index >= 15 is 0 Å². The maximum atomic E-state index is 13.1. The summed E-state index contributed by atoms with van der Waals surface area (Å²) in [7, 11) is 0. The van der Waals surface area contributed by atoms with Gasteiger partial charge in [0, 0.05) is 19.0 Å². The average molecular weight is 329 g/mol. The Balaban J connectivity index is 1.70. The zero-order chi connectivity index (χ0) is 13.7. The summed E-state index contributed by atoms with van der Waals surface area (Å²) in [6.07, 6.45) is 3.50. The molecule has 5 heteroatoms. The van der Waals surface area contributed by atoms with Gasteiger partial charge >= 0.3 is 0 Å². The quantitative estimate of drug-likeness (QED) is 0.871. The first-order chi connectivity index (χ1) is 9.15. The molecule has 0 saturated carbocycles. The van der Waals surface area contributed by atoms with Crippen LogP contribution in [-0.2, 0) is 11.2 Å². The Morgan fingerprint density at radius 1 is 1.53 bits per heavy atom. The molecule has 1 fully saturated rings. The smallest absolute Gasteiger partial charge is 0.221 e. The predicted octanol–water partition coefficient (Wildman–Crippen LogP) is 2.39. The number of carbonyl (C=O) groups is 1. The largest absolute Gasteiger partial charge is 0.356 e. The highest BCUT2D eigenvalue weighted by Gasteiger charge is 2.17. The molecule has 1 aromatic rings. The number of nitrogens with one attached hydrogen (secondary N) is 2. The minimum Gasteiger partial charge on any atom is -0.356 e. The molecule has 1 atom stereocenters. The van der Waals surface area contributed by atoms with Crippen molar-refractivity contribution in [3.8, 4) is 0 Å². The summed E-state index contributed by atoms with van der Waals surface area (Å²) in [5, 5.41) is 6.20. The number of rotatable bonds is 5. The van der Waals surface area contributed by atoms with E-state index < -0.39 is 0 Å². The molecule has 0 spiro atoms. The summed E-state index contributed by atoms with van der Waals surface area (Å²) in [5.41, 5.74) is 1.01. The second-order valence-corrected chi connectivity index (χ2v) is 5.70. The van der Waals surface area contributed by atoms with Crippen molar-refractivity contribution in [3.05, 3.63) is 34.1 Å². The van der Waals surface area contributed by atoms with Crippen LogP contribution in [0.4, 0.5) is 4.39 Å². The van der Waals surface area contributed by atoms with Gasteiger partial charge in [-0.05, 0) is 59.4 Å². The summed E-state index contributed by atoms with van der Waals surface area (Å²) < 4.78 is 13.5. The van der Waals surface area contributed by atoms with Crippen LogP contribution >= 0.6 is 15.9 Å². The van der Waals surface area contributed by atoms with E-state index in [0.29, 0.717) is 29.9 Å². The van der Waals surface area contributed by atoms with Gasteiger partial charge in [-0.15, -0.1) is 0 Å². The fraction of sp³-hybridized carbons (Fsp3) is 0.500. The maximum absolute atomic E-state index is 13.1. The van der Waals surface area contributed by atoms with E-state index in [1.165, 1.54) is 6.07 Å². The Labute approximate surface area is 121 Å². The molecule has 1 saturated heterocycles. The lowest BCUT2D eigenvalue weighted by molar-refractivity contribution is -0.121. The third-order valence-electron chi connectivity index (χ3n) is 3.31. The average Bonchev–Trinajstić information content (AvgIpc) is 2.86. The number of amides is 1. The molecule has 2 N–H and O–H groups in total. The number of benzene rings is 1. The Bertz CT molecular complexity index is 447. The van der Waals surface area contributed by atoms with E-state index in [1.54, 1.807) is 12.1 Å². The molecule has 104 valence electrons. The molecule has 0 aliphatic carbocycles. The van der Waals surface area contributed by atoms with Crippen LogP contribution in [0, 0.1) is 5.82 Å². The summed E-state index contributed by atoms with van der Waals surface area (Å²) >= 11 is 3.15. The Kier molecular flexibility index (Phi) is 5.34. The zero-order valence-corrected chi connectivity index (χ0v) is 12.3. The number of hydrogen-bond acceptors (Lipinski definition) is 2. The van der Waals surface area contributed by atoms with Crippen molar-refractivity contribution in [3.63, 3.8) is 0 Å². The van der Waals surface area contributed by atoms with Gasteiger partial charge in [0.05, 0.1) is 4.47 Å². The molecule has 0 bridgehead atoms. The second kappa shape index (κ2) is 7.01. The zero-order valence-electron chi connectivity index (χ0n) is 10.7. The van der Waals surface area contributed by atoms with Crippen LogP contribution in [0.2, 0.25) is 0 Å². The topological polar surface area (TPSA) is 41.1 Å². The fourth-order valence-electron chi connectivity index (χ4n) is 2.27. The molecule has 1 aliphatic rings. The first kappa shape index (κ1) is 14.5. The van der Waals surface area contributed by atoms with Crippen LogP contribution in [0.1, 0.15) is 24.8 Å². The van der Waals surface area contributed by atoms with E-state index in [2.05, 4.69) is 26.6 Å². The van der Waals surface area contributed by atoms with Crippen molar-refractivity contribution in [2.45, 2.75) is 31.7 Å². The van der Waals surface area contributed by atoms with Crippen LogP contribution in [0.3, 0.4) is 0 Å². The van der Waals surface area contributed by atoms with Crippen LogP contribution in [0.5, 0.6) is 0 Å². The maximum Gasteiger partial charge on any atom is 0.221 e. The lowest BCUT2D eigenvalue weighted by atomic mass is 10.1. The lowest BCUT2D eigenvalue weighted by Gasteiger charge is -2.10. The van der Waals surface area contributed by atoms with Crippen molar-refractivity contribution >= 4 is 21.8 Å². The minimum absolute atomic E-state index is 0.0839. The highest BCUT2D eigenvalue weighted by atomic mass is 79.9. The molecule has 2 rings (SSSR count). The second-order valence-electron chi connectivity index (χ2n) is 4.85. The highest BCUT2D eigenvalue weighted by molar-refractivity contribution is 9.10. The summed E-state index contributed by atoms with van der Waals surface area (Å²) in [6, 6.07) is 5.26. The molecule has 3 nitrogen and oxygen atoms in total. The van der Waals surface area contributed by atoms with E-state index in [4.69, 9.17) is 0 Å². The summed E-state index contributed by atoms with van der Waals surface area (Å²) in [6.45, 7) is 1.60. The molecule has 1 amide bonds. The first-order valence-electron chi connectivity index (χ1n) is 6.59. The SMILES string of the molecule is O=C(CC1CCCN1)NCCc1ccc(F)c(Br)c1. The van der Waals surface area contributed by atoms with Crippen LogP contribution in [0.25, 0.3) is 0 Å². The highest BCUT2D eigenvalue weighted by Crippen LogP contribution is 2.17. The molecule has 1 aromatic carbocycles. The Hall–Kier alpha value is -0.940. The Morgan fingerprint density at radius 2 is 2.37 bits per heavy atom. The number of hydrogen-bond donors (Lipinski definition) is 2. The molecule has 0 radical (unpaired) electrons. The molecular weight excluding hydrogens is 311 g/mol. The van der Waals surface area contributed by atoms with E-state index in [1.807, 2.05) is 0 Å². The van der Waals surface area contributed by atoms with Gasteiger partial charge in [-0.3, -0.25) is 4.79 Å². The van der Waals surface area contributed by atoms with Crippen molar-refractivity contribution in [2.75, 3.05) is 13.1 Å². The molecular formula is C14H18BrFN2O. The van der Waals surface area contributed by atoms with Crippen molar-refractivity contribution in [1.29, 1.82) is 0 Å². The van der Waals surface area contributed by atoms with E-state index in [0.717, 1.165) is 24.9 Å². The van der Waals surface area contributed by atoms with Gasteiger partial charge in [-0.1, -0.05) is 6.07 Å². The first-order valence-corrected chi connectivity index (χ1v) is 7.38. The van der Waals surface area contributed by atoms with Crippen LogP contribution < -0.4 is 10.6 Å². The van der Waals surface area contributed by atoms with Gasteiger partial charge in [-0.25, -0.2) is 4.39 Å². The van der Waals surface area contributed by atoms with Crippen molar-refractivity contribution in [2.24, 2.45) is 0 Å². The lowest BCUT2D eigenvalue weighted by Crippen LogP contribution is -2.32. The van der Waals surface area contributed by atoms with Crippen molar-refractivity contribution < 1.29 is 9.18 Å². The molecule has 1 unspecified atom stereocenters. The van der Waals surface area contributed by atoms with Crippen molar-refractivity contribution in [1.82, 2.24) is 10.6 Å². The normalized spacial score (nSPS) is 18.5. The molecule has 19 heavy (non-hydrogen) atoms.